The van der Waals surface area contributed by atoms with Gasteiger partial charge in [0, 0.05) is 29.3 Å². The standard InChI is InChI=1S/C24H20N6O2/c1-17-12-13-25-30(17)21-10-8-19(9-11-21)23(31)26-20-6-4-5-18(15-20)16-29-24(32)28-14-3-2-7-22(28)27-29/h2-15H,16H2,1H3,(H,26,31). The fourth-order valence-corrected chi connectivity index (χ4v) is 3.59. The summed E-state index contributed by atoms with van der Waals surface area (Å²) < 4.78 is 4.72. The smallest absolute Gasteiger partial charge is 0.322 e. The Bertz CT molecular complexity index is 1480. The molecule has 0 fully saturated rings. The van der Waals surface area contributed by atoms with Crippen molar-refractivity contribution in [1.29, 1.82) is 0 Å². The molecule has 0 radical (unpaired) electrons. The van der Waals surface area contributed by atoms with Crippen LogP contribution in [0.3, 0.4) is 0 Å². The normalized spacial score (nSPS) is 11.0. The highest BCUT2D eigenvalue weighted by molar-refractivity contribution is 6.04. The van der Waals surface area contributed by atoms with Crippen LogP contribution in [-0.4, -0.2) is 29.9 Å². The SMILES string of the molecule is Cc1ccnn1-c1ccc(C(=O)Nc2cccc(Cn3nc4ccccn4c3=O)c2)cc1. The predicted molar refractivity (Wildman–Crippen MR) is 121 cm³/mol. The van der Waals surface area contributed by atoms with E-state index in [1.54, 1.807) is 36.7 Å². The third-order valence-corrected chi connectivity index (χ3v) is 5.21. The zero-order valence-corrected chi connectivity index (χ0v) is 17.3. The number of nitrogens with one attached hydrogen (secondary N) is 1. The molecule has 1 N–H and O–H groups in total. The summed E-state index contributed by atoms with van der Waals surface area (Å²) >= 11 is 0. The lowest BCUT2D eigenvalue weighted by atomic mass is 10.1. The summed E-state index contributed by atoms with van der Waals surface area (Å²) in [5.41, 5.74) is 4.35. The molecule has 0 unspecified atom stereocenters. The molecule has 0 spiro atoms. The molecule has 158 valence electrons. The number of aryl methyl sites for hydroxylation is 1. The molecule has 0 atom stereocenters. The van der Waals surface area contributed by atoms with Crippen molar-refractivity contribution in [3.05, 3.63) is 112 Å². The first-order chi connectivity index (χ1) is 15.6. The van der Waals surface area contributed by atoms with Crippen LogP contribution in [0.25, 0.3) is 11.3 Å². The molecule has 1 amide bonds. The van der Waals surface area contributed by atoms with Crippen molar-refractivity contribution in [3.8, 4) is 5.69 Å². The number of pyridine rings is 1. The third-order valence-electron chi connectivity index (χ3n) is 5.21. The molecular formula is C24H20N6O2. The molecule has 8 heteroatoms. The van der Waals surface area contributed by atoms with Crippen LogP contribution in [0, 0.1) is 6.92 Å². The first-order valence-corrected chi connectivity index (χ1v) is 10.1. The summed E-state index contributed by atoms with van der Waals surface area (Å²) in [6.07, 6.45) is 3.43. The quantitative estimate of drug-likeness (QED) is 0.469. The Labute approximate surface area is 183 Å². The minimum absolute atomic E-state index is 0.206. The molecule has 5 aromatic rings. The van der Waals surface area contributed by atoms with Crippen molar-refractivity contribution < 1.29 is 4.79 Å². The van der Waals surface area contributed by atoms with Gasteiger partial charge in [-0.15, -0.1) is 5.10 Å². The summed E-state index contributed by atoms with van der Waals surface area (Å²) in [6.45, 7) is 2.28. The second-order valence-electron chi connectivity index (χ2n) is 7.45. The van der Waals surface area contributed by atoms with E-state index in [1.165, 1.54) is 9.08 Å². The Kier molecular flexibility index (Phi) is 4.87. The Morgan fingerprint density at radius 1 is 1.00 bits per heavy atom. The number of hydrogen-bond acceptors (Lipinski definition) is 4. The van der Waals surface area contributed by atoms with E-state index in [1.807, 2.05) is 60.1 Å². The van der Waals surface area contributed by atoms with Gasteiger partial charge in [0.05, 0.1) is 12.2 Å². The van der Waals surface area contributed by atoms with Crippen LogP contribution in [0.5, 0.6) is 0 Å². The average Bonchev–Trinajstić information content (AvgIpc) is 3.37. The van der Waals surface area contributed by atoms with Gasteiger partial charge in [-0.3, -0.25) is 9.20 Å². The molecule has 3 heterocycles. The molecule has 0 saturated carbocycles. The van der Waals surface area contributed by atoms with Crippen molar-refractivity contribution in [3.63, 3.8) is 0 Å². The molecule has 0 aliphatic rings. The second-order valence-corrected chi connectivity index (χ2v) is 7.45. The van der Waals surface area contributed by atoms with Gasteiger partial charge in [-0.25, -0.2) is 14.2 Å². The van der Waals surface area contributed by atoms with E-state index < -0.39 is 0 Å². The minimum atomic E-state index is -0.212. The Hall–Kier alpha value is -4.46. The van der Waals surface area contributed by atoms with Crippen LogP contribution in [0.15, 0.2) is 90.0 Å². The van der Waals surface area contributed by atoms with Gasteiger partial charge < -0.3 is 5.32 Å². The highest BCUT2D eigenvalue weighted by Crippen LogP contribution is 2.15. The average molecular weight is 424 g/mol. The first kappa shape index (κ1) is 19.5. The number of anilines is 1. The number of rotatable bonds is 5. The molecule has 3 aromatic heterocycles. The predicted octanol–water partition coefficient (Wildman–Crippen LogP) is 3.29. The van der Waals surface area contributed by atoms with Gasteiger partial charge in [0.25, 0.3) is 5.91 Å². The van der Waals surface area contributed by atoms with E-state index in [4.69, 9.17) is 0 Å². The molecule has 5 rings (SSSR count). The van der Waals surface area contributed by atoms with Gasteiger partial charge in [-0.1, -0.05) is 18.2 Å². The summed E-state index contributed by atoms with van der Waals surface area (Å²) in [5.74, 6) is -0.212. The van der Waals surface area contributed by atoms with Crippen molar-refractivity contribution in [1.82, 2.24) is 24.0 Å². The van der Waals surface area contributed by atoms with Crippen molar-refractivity contribution in [2.45, 2.75) is 13.5 Å². The van der Waals surface area contributed by atoms with E-state index >= 15 is 0 Å². The maximum atomic E-state index is 12.7. The van der Waals surface area contributed by atoms with E-state index in [2.05, 4.69) is 15.5 Å². The molecule has 0 aliphatic carbocycles. The third kappa shape index (κ3) is 3.69. The van der Waals surface area contributed by atoms with Crippen molar-refractivity contribution in [2.24, 2.45) is 0 Å². The second kappa shape index (κ2) is 7.99. The lowest BCUT2D eigenvalue weighted by Crippen LogP contribution is -2.21. The summed E-state index contributed by atoms with van der Waals surface area (Å²) in [5, 5.41) is 11.5. The zero-order chi connectivity index (χ0) is 22.1. The lowest BCUT2D eigenvalue weighted by Gasteiger charge is -2.09. The van der Waals surface area contributed by atoms with Crippen molar-refractivity contribution >= 4 is 17.2 Å². The largest absolute Gasteiger partial charge is 0.350 e. The number of nitrogens with zero attached hydrogens (tertiary/aromatic N) is 5. The van der Waals surface area contributed by atoms with E-state index in [-0.39, 0.29) is 11.6 Å². The van der Waals surface area contributed by atoms with Gasteiger partial charge in [0.15, 0.2) is 5.65 Å². The molecule has 32 heavy (non-hydrogen) atoms. The van der Waals surface area contributed by atoms with E-state index in [0.717, 1.165) is 16.9 Å². The summed E-state index contributed by atoms with van der Waals surface area (Å²) in [4.78, 5) is 25.2. The fraction of sp³-hybridized carbons (Fsp3) is 0.0833. The van der Waals surface area contributed by atoms with Crippen LogP contribution in [0.2, 0.25) is 0 Å². The Morgan fingerprint density at radius 2 is 1.84 bits per heavy atom. The van der Waals surface area contributed by atoms with E-state index in [0.29, 0.717) is 23.4 Å². The highest BCUT2D eigenvalue weighted by atomic mass is 16.2. The number of aromatic nitrogens is 5. The van der Waals surface area contributed by atoms with Gasteiger partial charge in [-0.2, -0.15) is 5.10 Å². The summed E-state index contributed by atoms with van der Waals surface area (Å²) in [7, 11) is 0. The maximum Gasteiger partial charge on any atom is 0.350 e. The maximum absolute atomic E-state index is 12.7. The molecule has 0 saturated heterocycles. The number of fused-ring (bicyclic) bond motifs is 1. The molecule has 8 nitrogen and oxygen atoms in total. The number of carbonyl (C=O) groups excluding carboxylic acids is 1. The lowest BCUT2D eigenvalue weighted by molar-refractivity contribution is 0.102. The zero-order valence-electron chi connectivity index (χ0n) is 17.3. The van der Waals surface area contributed by atoms with Gasteiger partial charge in [0.1, 0.15) is 0 Å². The van der Waals surface area contributed by atoms with Gasteiger partial charge >= 0.3 is 5.69 Å². The monoisotopic (exact) mass is 424 g/mol. The Morgan fingerprint density at radius 3 is 2.59 bits per heavy atom. The van der Waals surface area contributed by atoms with Gasteiger partial charge in [-0.05, 0) is 67.1 Å². The molecule has 2 aromatic carbocycles. The minimum Gasteiger partial charge on any atom is -0.322 e. The number of amides is 1. The highest BCUT2D eigenvalue weighted by Gasteiger charge is 2.10. The Balaban J connectivity index is 1.32. The van der Waals surface area contributed by atoms with Crippen molar-refractivity contribution in [2.75, 3.05) is 5.32 Å². The molecule has 0 aliphatic heterocycles. The first-order valence-electron chi connectivity index (χ1n) is 10.1. The molecular weight excluding hydrogens is 404 g/mol. The van der Waals surface area contributed by atoms with Crippen LogP contribution in [0.4, 0.5) is 5.69 Å². The number of carbonyl (C=O) groups is 1. The van der Waals surface area contributed by atoms with Crippen LogP contribution >= 0.6 is 0 Å². The number of hydrogen-bond donors (Lipinski definition) is 1. The van der Waals surface area contributed by atoms with E-state index in [9.17, 15) is 9.59 Å². The number of benzene rings is 2. The van der Waals surface area contributed by atoms with Crippen LogP contribution < -0.4 is 11.0 Å². The fourth-order valence-electron chi connectivity index (χ4n) is 3.59. The van der Waals surface area contributed by atoms with Gasteiger partial charge in [0.2, 0.25) is 0 Å². The molecule has 0 bridgehead atoms. The summed E-state index contributed by atoms with van der Waals surface area (Å²) in [6, 6.07) is 22.0. The topological polar surface area (TPSA) is 86.2 Å². The van der Waals surface area contributed by atoms with Crippen LogP contribution in [0.1, 0.15) is 21.6 Å². The van der Waals surface area contributed by atoms with Crippen LogP contribution in [-0.2, 0) is 6.54 Å².